The van der Waals surface area contributed by atoms with E-state index in [-0.39, 0.29) is 5.83 Å². The molecule has 0 atom stereocenters. The predicted octanol–water partition coefficient (Wildman–Crippen LogP) is 4.11. The lowest BCUT2D eigenvalue weighted by atomic mass is 10.2. The molecule has 0 unspecified atom stereocenters. The smallest absolute Gasteiger partial charge is 0.0897 e. The van der Waals surface area contributed by atoms with Gasteiger partial charge in [-0.3, -0.25) is 0 Å². The Hall–Kier alpha value is -1.12. The molecule has 0 fully saturated rings. The molecule has 1 aromatic rings. The van der Waals surface area contributed by atoms with Crippen molar-refractivity contribution in [2.45, 2.75) is 13.5 Å². The van der Waals surface area contributed by atoms with Gasteiger partial charge in [0.25, 0.3) is 0 Å². The molecular weight excluding hydrogens is 225 g/mol. The van der Waals surface area contributed by atoms with Gasteiger partial charge in [0.1, 0.15) is 0 Å². The second-order valence-electron chi connectivity index (χ2n) is 3.22. The van der Waals surface area contributed by atoms with Crippen LogP contribution in [-0.4, -0.2) is 6.54 Å². The van der Waals surface area contributed by atoms with E-state index in [1.54, 1.807) is 0 Å². The topological polar surface area (TPSA) is 12.0 Å². The van der Waals surface area contributed by atoms with Crippen LogP contribution in [0.5, 0.6) is 0 Å². The summed E-state index contributed by atoms with van der Waals surface area (Å²) in [6.45, 7) is 9.52. The van der Waals surface area contributed by atoms with Crippen LogP contribution in [0.25, 0.3) is 0 Å². The van der Waals surface area contributed by atoms with E-state index in [0.717, 1.165) is 18.1 Å². The van der Waals surface area contributed by atoms with Crippen LogP contribution in [0, 0.1) is 0 Å². The Kier molecular flexibility index (Phi) is 8.49. The molecule has 1 aromatic carbocycles. The zero-order valence-corrected chi connectivity index (χ0v) is 10.2. The summed E-state index contributed by atoms with van der Waals surface area (Å²) < 4.78 is 10.8. The number of halogens is 2. The van der Waals surface area contributed by atoms with E-state index >= 15 is 0 Å². The SMILES string of the molecule is C=C(C)F.C=CCNCc1ccc(Cl)cc1. The molecule has 0 aliphatic carbocycles. The maximum absolute atomic E-state index is 10.8. The fraction of sp³-hybridized carbons (Fsp3) is 0.231. The van der Waals surface area contributed by atoms with Crippen LogP contribution in [0.15, 0.2) is 49.3 Å². The second kappa shape index (κ2) is 9.13. The summed E-state index contributed by atoms with van der Waals surface area (Å²) in [5.41, 5.74) is 1.24. The van der Waals surface area contributed by atoms with E-state index in [0.29, 0.717) is 0 Å². The maximum atomic E-state index is 10.8. The van der Waals surface area contributed by atoms with E-state index in [4.69, 9.17) is 11.6 Å². The summed E-state index contributed by atoms with van der Waals surface area (Å²) in [4.78, 5) is 0. The Bertz CT molecular complexity index is 315. The third kappa shape index (κ3) is 9.44. The Balaban J connectivity index is 0.000000487. The highest BCUT2D eigenvalue weighted by Crippen LogP contribution is 2.08. The molecule has 0 spiro atoms. The molecule has 0 saturated carbocycles. The first-order chi connectivity index (χ1) is 7.56. The quantitative estimate of drug-likeness (QED) is 0.618. The Morgan fingerprint density at radius 1 is 1.44 bits per heavy atom. The van der Waals surface area contributed by atoms with E-state index in [1.165, 1.54) is 12.5 Å². The van der Waals surface area contributed by atoms with E-state index in [2.05, 4.69) is 18.5 Å². The summed E-state index contributed by atoms with van der Waals surface area (Å²) in [5, 5.41) is 3.99. The lowest BCUT2D eigenvalue weighted by Crippen LogP contribution is -2.12. The second-order valence-corrected chi connectivity index (χ2v) is 3.66. The van der Waals surface area contributed by atoms with Crippen LogP contribution in [0.4, 0.5) is 4.39 Å². The molecule has 1 rings (SSSR count). The van der Waals surface area contributed by atoms with Crippen LogP contribution in [-0.2, 0) is 6.54 Å². The third-order valence-corrected chi connectivity index (χ3v) is 1.78. The molecule has 1 N–H and O–H groups in total. The molecule has 0 heterocycles. The zero-order chi connectivity index (χ0) is 12.4. The largest absolute Gasteiger partial charge is 0.309 e. The number of hydrogen-bond acceptors (Lipinski definition) is 1. The minimum Gasteiger partial charge on any atom is -0.309 e. The van der Waals surface area contributed by atoms with Gasteiger partial charge in [-0.25, -0.2) is 4.39 Å². The van der Waals surface area contributed by atoms with Crippen molar-refractivity contribution in [3.63, 3.8) is 0 Å². The Labute approximate surface area is 102 Å². The van der Waals surface area contributed by atoms with Gasteiger partial charge in [0.2, 0.25) is 0 Å². The molecule has 16 heavy (non-hydrogen) atoms. The molecule has 0 bridgehead atoms. The van der Waals surface area contributed by atoms with Gasteiger partial charge in [-0.2, -0.15) is 0 Å². The molecule has 0 aliphatic rings. The minimum atomic E-state index is -0.333. The van der Waals surface area contributed by atoms with Gasteiger partial charge in [0.15, 0.2) is 0 Å². The molecule has 0 aliphatic heterocycles. The van der Waals surface area contributed by atoms with E-state index in [1.807, 2.05) is 30.3 Å². The van der Waals surface area contributed by atoms with Crippen molar-refractivity contribution >= 4 is 11.6 Å². The highest BCUT2D eigenvalue weighted by Gasteiger charge is 1.90. The van der Waals surface area contributed by atoms with Crippen molar-refractivity contribution in [1.29, 1.82) is 0 Å². The molecule has 0 radical (unpaired) electrons. The van der Waals surface area contributed by atoms with Crippen LogP contribution in [0.1, 0.15) is 12.5 Å². The zero-order valence-electron chi connectivity index (χ0n) is 9.47. The van der Waals surface area contributed by atoms with E-state index in [9.17, 15) is 4.39 Å². The molecule has 0 aromatic heterocycles. The van der Waals surface area contributed by atoms with Crippen molar-refractivity contribution in [3.8, 4) is 0 Å². The summed E-state index contributed by atoms with van der Waals surface area (Å²) in [6.07, 6.45) is 1.84. The fourth-order valence-electron chi connectivity index (χ4n) is 0.921. The highest BCUT2D eigenvalue weighted by atomic mass is 35.5. The van der Waals surface area contributed by atoms with Gasteiger partial charge in [-0.15, -0.1) is 6.58 Å². The summed E-state index contributed by atoms with van der Waals surface area (Å²) in [7, 11) is 0. The highest BCUT2D eigenvalue weighted by molar-refractivity contribution is 6.30. The first-order valence-electron chi connectivity index (χ1n) is 4.93. The summed E-state index contributed by atoms with van der Waals surface area (Å²) in [5.74, 6) is -0.333. The van der Waals surface area contributed by atoms with Crippen molar-refractivity contribution in [1.82, 2.24) is 5.32 Å². The van der Waals surface area contributed by atoms with E-state index < -0.39 is 0 Å². The molecule has 1 nitrogen and oxygen atoms in total. The van der Waals surface area contributed by atoms with Crippen LogP contribution in [0.2, 0.25) is 5.02 Å². The van der Waals surface area contributed by atoms with Gasteiger partial charge >= 0.3 is 0 Å². The maximum Gasteiger partial charge on any atom is 0.0897 e. The minimum absolute atomic E-state index is 0.333. The van der Waals surface area contributed by atoms with Crippen molar-refractivity contribution in [2.24, 2.45) is 0 Å². The predicted molar refractivity (Wildman–Crippen MR) is 69.3 cm³/mol. The van der Waals surface area contributed by atoms with Gasteiger partial charge in [-0.05, 0) is 24.6 Å². The molecular formula is C13H17ClFN. The standard InChI is InChI=1S/C10H12ClN.C3H5F/c1-2-7-12-8-9-3-5-10(11)6-4-9;1-3(2)4/h2-6,12H,1,7-8H2;1H2,2H3. The lowest BCUT2D eigenvalue weighted by Gasteiger charge is -2.01. The average Bonchev–Trinajstić information content (AvgIpc) is 2.20. The molecule has 3 heteroatoms. The van der Waals surface area contributed by atoms with Crippen LogP contribution >= 0.6 is 11.6 Å². The fourth-order valence-corrected chi connectivity index (χ4v) is 1.05. The summed E-state index contributed by atoms with van der Waals surface area (Å²) in [6, 6.07) is 7.82. The molecule has 88 valence electrons. The third-order valence-electron chi connectivity index (χ3n) is 1.53. The van der Waals surface area contributed by atoms with Crippen molar-refractivity contribution in [2.75, 3.05) is 6.54 Å². The lowest BCUT2D eigenvalue weighted by molar-refractivity contribution is 0.645. The molecule has 0 saturated heterocycles. The number of hydrogen-bond donors (Lipinski definition) is 1. The normalized spacial score (nSPS) is 8.94. The van der Waals surface area contributed by atoms with Crippen LogP contribution in [0.3, 0.4) is 0 Å². The number of allylic oxidation sites excluding steroid dienone is 1. The Morgan fingerprint density at radius 2 is 1.94 bits per heavy atom. The van der Waals surface area contributed by atoms with Crippen molar-refractivity contribution in [3.05, 3.63) is 59.9 Å². The van der Waals surface area contributed by atoms with Gasteiger partial charge in [-0.1, -0.05) is 36.4 Å². The Morgan fingerprint density at radius 3 is 2.38 bits per heavy atom. The average molecular weight is 242 g/mol. The molecule has 0 amide bonds. The first kappa shape index (κ1) is 14.9. The van der Waals surface area contributed by atoms with Gasteiger partial charge in [0, 0.05) is 18.1 Å². The number of benzene rings is 1. The van der Waals surface area contributed by atoms with Crippen molar-refractivity contribution < 1.29 is 4.39 Å². The van der Waals surface area contributed by atoms with Gasteiger partial charge < -0.3 is 5.32 Å². The first-order valence-corrected chi connectivity index (χ1v) is 5.31. The monoisotopic (exact) mass is 241 g/mol. The van der Waals surface area contributed by atoms with Gasteiger partial charge in [0.05, 0.1) is 5.83 Å². The number of rotatable bonds is 4. The summed E-state index contributed by atoms with van der Waals surface area (Å²) >= 11 is 5.74. The number of nitrogens with one attached hydrogen (secondary N) is 1. The van der Waals surface area contributed by atoms with Crippen LogP contribution < -0.4 is 5.32 Å².